The van der Waals surface area contributed by atoms with Crippen LogP contribution in [0.2, 0.25) is 0 Å². The topological polar surface area (TPSA) is 90.2 Å². The van der Waals surface area contributed by atoms with Crippen molar-refractivity contribution in [1.29, 1.82) is 0 Å². The lowest BCUT2D eigenvalue weighted by molar-refractivity contribution is 1.11. The number of aromatic nitrogens is 2. The SMILES string of the molecule is CN=C/C(=C\N)c1cnc(N)c(C)n1. The van der Waals surface area contributed by atoms with Crippen molar-refractivity contribution in [3.63, 3.8) is 0 Å². The van der Waals surface area contributed by atoms with E-state index in [1.165, 1.54) is 6.20 Å². The van der Waals surface area contributed by atoms with Crippen molar-refractivity contribution in [2.45, 2.75) is 6.92 Å². The lowest BCUT2D eigenvalue weighted by atomic mass is 10.2. The first-order valence-electron chi connectivity index (χ1n) is 4.12. The monoisotopic (exact) mass is 191 g/mol. The number of allylic oxidation sites excluding steroid dienone is 1. The number of aryl methyl sites for hydroxylation is 1. The quantitative estimate of drug-likeness (QED) is 0.661. The van der Waals surface area contributed by atoms with Gasteiger partial charge >= 0.3 is 0 Å². The van der Waals surface area contributed by atoms with Crippen LogP contribution in [0.3, 0.4) is 0 Å². The van der Waals surface area contributed by atoms with E-state index < -0.39 is 0 Å². The molecule has 0 saturated carbocycles. The van der Waals surface area contributed by atoms with Gasteiger partial charge in [0.25, 0.3) is 0 Å². The van der Waals surface area contributed by atoms with Crippen LogP contribution in [0.25, 0.3) is 5.57 Å². The summed E-state index contributed by atoms with van der Waals surface area (Å²) >= 11 is 0. The second kappa shape index (κ2) is 4.36. The fourth-order valence-electron chi connectivity index (χ4n) is 0.964. The highest BCUT2D eigenvalue weighted by molar-refractivity contribution is 6.08. The van der Waals surface area contributed by atoms with Gasteiger partial charge in [-0.15, -0.1) is 0 Å². The van der Waals surface area contributed by atoms with E-state index >= 15 is 0 Å². The molecule has 5 heteroatoms. The first-order valence-corrected chi connectivity index (χ1v) is 4.12. The Hall–Kier alpha value is -1.91. The smallest absolute Gasteiger partial charge is 0.144 e. The molecule has 0 fully saturated rings. The van der Waals surface area contributed by atoms with Gasteiger partial charge in [-0.3, -0.25) is 4.99 Å². The summed E-state index contributed by atoms with van der Waals surface area (Å²) in [4.78, 5) is 12.1. The lowest BCUT2D eigenvalue weighted by Gasteiger charge is -2.02. The number of hydrogen-bond acceptors (Lipinski definition) is 5. The predicted molar refractivity (Wildman–Crippen MR) is 57.8 cm³/mol. The maximum atomic E-state index is 5.55. The summed E-state index contributed by atoms with van der Waals surface area (Å²) in [6, 6.07) is 0. The summed E-state index contributed by atoms with van der Waals surface area (Å²) in [5.41, 5.74) is 13.1. The highest BCUT2D eigenvalue weighted by Crippen LogP contribution is 2.10. The largest absolute Gasteiger partial charge is 0.404 e. The molecule has 0 radical (unpaired) electrons. The minimum absolute atomic E-state index is 0.429. The Bertz CT molecular complexity index is 381. The molecule has 0 aromatic carbocycles. The molecule has 5 nitrogen and oxygen atoms in total. The number of hydrogen-bond donors (Lipinski definition) is 2. The van der Waals surface area contributed by atoms with Crippen LogP contribution in [-0.2, 0) is 0 Å². The van der Waals surface area contributed by atoms with Gasteiger partial charge < -0.3 is 11.5 Å². The summed E-state index contributed by atoms with van der Waals surface area (Å²) in [6.45, 7) is 1.79. The molecule has 0 unspecified atom stereocenters. The van der Waals surface area contributed by atoms with Gasteiger partial charge in [-0.1, -0.05) is 0 Å². The van der Waals surface area contributed by atoms with Crippen LogP contribution in [0.1, 0.15) is 11.4 Å². The number of anilines is 1. The molecular formula is C9H13N5. The fourth-order valence-corrected chi connectivity index (χ4v) is 0.964. The van der Waals surface area contributed by atoms with Gasteiger partial charge in [-0.25, -0.2) is 9.97 Å². The summed E-state index contributed by atoms with van der Waals surface area (Å²) < 4.78 is 0. The van der Waals surface area contributed by atoms with Gasteiger partial charge in [0.1, 0.15) is 5.82 Å². The highest BCUT2D eigenvalue weighted by Gasteiger charge is 2.03. The molecule has 4 N–H and O–H groups in total. The summed E-state index contributed by atoms with van der Waals surface area (Å²) in [5.74, 6) is 0.429. The normalized spacial score (nSPS) is 12.3. The Kier molecular flexibility index (Phi) is 3.17. The van der Waals surface area contributed by atoms with Crippen molar-refractivity contribution in [2.24, 2.45) is 10.7 Å². The number of aliphatic imine (C=N–C) groups is 1. The van der Waals surface area contributed by atoms with Gasteiger partial charge in [0.15, 0.2) is 0 Å². The van der Waals surface area contributed by atoms with Gasteiger partial charge in [-0.05, 0) is 6.92 Å². The molecule has 0 aliphatic heterocycles. The average Bonchev–Trinajstić information content (AvgIpc) is 2.19. The van der Waals surface area contributed by atoms with E-state index in [1.54, 1.807) is 26.4 Å². The summed E-state index contributed by atoms with van der Waals surface area (Å²) in [5, 5.41) is 0. The molecule has 1 heterocycles. The van der Waals surface area contributed by atoms with E-state index in [0.29, 0.717) is 17.2 Å². The van der Waals surface area contributed by atoms with Gasteiger partial charge in [0.05, 0.1) is 17.6 Å². The van der Waals surface area contributed by atoms with Crippen molar-refractivity contribution in [2.75, 3.05) is 12.8 Å². The van der Waals surface area contributed by atoms with Crippen LogP contribution >= 0.6 is 0 Å². The third-order valence-electron chi connectivity index (χ3n) is 1.73. The molecule has 0 saturated heterocycles. The van der Waals surface area contributed by atoms with E-state index in [1.807, 2.05) is 0 Å². The van der Waals surface area contributed by atoms with Crippen LogP contribution in [-0.4, -0.2) is 23.2 Å². The average molecular weight is 191 g/mol. The molecular weight excluding hydrogens is 178 g/mol. The number of rotatable bonds is 2. The summed E-state index contributed by atoms with van der Waals surface area (Å²) in [7, 11) is 1.67. The third-order valence-corrected chi connectivity index (χ3v) is 1.73. The highest BCUT2D eigenvalue weighted by atomic mass is 14.9. The van der Waals surface area contributed by atoms with Crippen LogP contribution in [0.4, 0.5) is 5.82 Å². The maximum absolute atomic E-state index is 5.55. The van der Waals surface area contributed by atoms with E-state index in [9.17, 15) is 0 Å². The Morgan fingerprint density at radius 3 is 2.79 bits per heavy atom. The zero-order valence-corrected chi connectivity index (χ0v) is 8.23. The van der Waals surface area contributed by atoms with Crippen LogP contribution in [0.15, 0.2) is 17.4 Å². The van der Waals surface area contributed by atoms with Crippen LogP contribution < -0.4 is 11.5 Å². The second-order valence-corrected chi connectivity index (χ2v) is 2.74. The van der Waals surface area contributed by atoms with E-state index in [0.717, 1.165) is 5.57 Å². The van der Waals surface area contributed by atoms with Gasteiger partial charge in [0.2, 0.25) is 0 Å². The zero-order chi connectivity index (χ0) is 10.6. The van der Waals surface area contributed by atoms with Crippen LogP contribution in [0, 0.1) is 6.92 Å². The van der Waals surface area contributed by atoms with Crippen molar-refractivity contribution in [3.05, 3.63) is 23.8 Å². The number of nitrogen functional groups attached to an aromatic ring is 1. The molecule has 0 amide bonds. The van der Waals surface area contributed by atoms with Crippen molar-refractivity contribution >= 4 is 17.6 Å². The molecule has 0 aliphatic rings. The molecule has 0 bridgehead atoms. The molecule has 0 aliphatic carbocycles. The van der Waals surface area contributed by atoms with Crippen molar-refractivity contribution < 1.29 is 0 Å². The van der Waals surface area contributed by atoms with E-state index in [-0.39, 0.29) is 0 Å². The molecule has 0 spiro atoms. The minimum atomic E-state index is 0.429. The Morgan fingerprint density at radius 1 is 1.57 bits per heavy atom. The molecule has 74 valence electrons. The molecule has 0 atom stereocenters. The molecule has 1 rings (SSSR count). The minimum Gasteiger partial charge on any atom is -0.404 e. The van der Waals surface area contributed by atoms with E-state index in [4.69, 9.17) is 11.5 Å². The Balaban J connectivity index is 3.13. The van der Waals surface area contributed by atoms with Crippen molar-refractivity contribution in [1.82, 2.24) is 9.97 Å². The van der Waals surface area contributed by atoms with Gasteiger partial charge in [0, 0.05) is 25.0 Å². The molecule has 14 heavy (non-hydrogen) atoms. The Labute approximate surface area is 82.6 Å². The standard InChI is InChI=1S/C9H13N5/c1-6-9(11)13-5-8(14-6)7(3-10)4-12-2/h3-5H,10H2,1-2H3,(H2,11,13)/b7-3+,12-4?. The Morgan fingerprint density at radius 2 is 2.29 bits per heavy atom. The lowest BCUT2D eigenvalue weighted by Crippen LogP contribution is -2.02. The van der Waals surface area contributed by atoms with Crippen molar-refractivity contribution in [3.8, 4) is 0 Å². The first-order chi connectivity index (χ1) is 6.69. The fraction of sp³-hybridized carbons (Fsp3) is 0.222. The first kappa shape index (κ1) is 10.2. The van der Waals surface area contributed by atoms with Crippen LogP contribution in [0.5, 0.6) is 0 Å². The third kappa shape index (κ3) is 2.07. The summed E-state index contributed by atoms with van der Waals surface area (Å²) in [6.07, 6.45) is 4.63. The molecule has 1 aromatic rings. The predicted octanol–water partition coefficient (Wildman–Crippen LogP) is 0.367. The second-order valence-electron chi connectivity index (χ2n) is 2.74. The maximum Gasteiger partial charge on any atom is 0.144 e. The molecule has 1 aromatic heterocycles. The number of nitrogens with zero attached hydrogens (tertiary/aromatic N) is 3. The zero-order valence-electron chi connectivity index (χ0n) is 8.23. The number of nitrogens with two attached hydrogens (primary N) is 2. The van der Waals surface area contributed by atoms with E-state index in [2.05, 4.69) is 15.0 Å². The van der Waals surface area contributed by atoms with Gasteiger partial charge in [-0.2, -0.15) is 0 Å².